The average molecular weight is 454 g/mol. The van der Waals surface area contributed by atoms with Crippen LogP contribution in [0.3, 0.4) is 0 Å². The highest BCUT2D eigenvalue weighted by molar-refractivity contribution is 7.92. The minimum atomic E-state index is -3.25. The number of rotatable bonds is 5. The monoisotopic (exact) mass is 453 g/mol. The summed E-state index contributed by atoms with van der Waals surface area (Å²) in [5.74, 6) is -0.0672. The van der Waals surface area contributed by atoms with Crippen molar-refractivity contribution in [2.24, 2.45) is 5.73 Å². The molecule has 0 radical (unpaired) electrons. The molecule has 1 aliphatic heterocycles. The maximum Gasteiger partial charge on any atom is 0.253 e. The van der Waals surface area contributed by atoms with Crippen LogP contribution in [-0.2, 0) is 14.6 Å². The van der Waals surface area contributed by atoms with Crippen molar-refractivity contribution < 1.29 is 18.0 Å². The SMILES string of the molecule is NC1(C(=O)N2CCN(C(=O)c3ccc(-c4cccc(S(=O)(=O)C5CC5)c4)cc3)CC2)CC1. The van der Waals surface area contributed by atoms with Gasteiger partial charge in [0.2, 0.25) is 5.91 Å². The first-order valence-corrected chi connectivity index (χ1v) is 12.6. The lowest BCUT2D eigenvalue weighted by Crippen LogP contribution is -2.55. The van der Waals surface area contributed by atoms with Gasteiger partial charge in [0.15, 0.2) is 9.84 Å². The van der Waals surface area contributed by atoms with E-state index in [1.807, 2.05) is 18.2 Å². The molecule has 2 saturated carbocycles. The van der Waals surface area contributed by atoms with Crippen LogP contribution in [0.2, 0.25) is 0 Å². The predicted octanol–water partition coefficient (Wildman–Crippen LogP) is 2.07. The smallest absolute Gasteiger partial charge is 0.253 e. The quantitative estimate of drug-likeness (QED) is 0.747. The zero-order chi connectivity index (χ0) is 22.5. The van der Waals surface area contributed by atoms with E-state index in [0.717, 1.165) is 36.8 Å². The highest BCUT2D eigenvalue weighted by Crippen LogP contribution is 2.35. The molecule has 1 saturated heterocycles. The number of hydrogen-bond donors (Lipinski definition) is 1. The Morgan fingerprint density at radius 3 is 2.09 bits per heavy atom. The lowest BCUT2D eigenvalue weighted by Gasteiger charge is -2.36. The van der Waals surface area contributed by atoms with Gasteiger partial charge in [0.25, 0.3) is 5.91 Å². The Hall–Kier alpha value is -2.71. The molecule has 7 nitrogen and oxygen atoms in total. The van der Waals surface area contributed by atoms with Gasteiger partial charge in [0.05, 0.1) is 15.7 Å². The van der Waals surface area contributed by atoms with Crippen LogP contribution in [0.4, 0.5) is 0 Å². The molecule has 2 aromatic carbocycles. The van der Waals surface area contributed by atoms with Gasteiger partial charge in [-0.3, -0.25) is 9.59 Å². The molecule has 32 heavy (non-hydrogen) atoms. The highest BCUT2D eigenvalue weighted by atomic mass is 32.2. The molecule has 0 bridgehead atoms. The predicted molar refractivity (Wildman–Crippen MR) is 121 cm³/mol. The fourth-order valence-corrected chi connectivity index (χ4v) is 5.89. The van der Waals surface area contributed by atoms with Gasteiger partial charge in [-0.1, -0.05) is 24.3 Å². The van der Waals surface area contributed by atoms with Gasteiger partial charge in [-0.15, -0.1) is 0 Å². The molecule has 1 heterocycles. The van der Waals surface area contributed by atoms with Crippen molar-refractivity contribution in [1.82, 2.24) is 9.80 Å². The van der Waals surface area contributed by atoms with Gasteiger partial charge in [-0.25, -0.2) is 8.42 Å². The zero-order valence-electron chi connectivity index (χ0n) is 17.9. The Morgan fingerprint density at radius 2 is 1.50 bits per heavy atom. The Kier molecular flexibility index (Phi) is 5.09. The van der Waals surface area contributed by atoms with Crippen LogP contribution in [-0.4, -0.2) is 67.0 Å². The molecule has 0 spiro atoms. The number of carbonyl (C=O) groups excluding carboxylic acids is 2. The molecule has 0 aromatic heterocycles. The third-order valence-electron chi connectivity index (χ3n) is 6.66. The molecule has 3 aliphatic rings. The van der Waals surface area contributed by atoms with Crippen molar-refractivity contribution in [3.05, 3.63) is 54.1 Å². The number of amides is 2. The zero-order valence-corrected chi connectivity index (χ0v) is 18.7. The molecule has 0 atom stereocenters. The summed E-state index contributed by atoms with van der Waals surface area (Å²) in [6.07, 6.45) is 2.96. The summed E-state index contributed by atoms with van der Waals surface area (Å²) in [7, 11) is -3.25. The van der Waals surface area contributed by atoms with Gasteiger partial charge in [0, 0.05) is 31.7 Å². The van der Waals surface area contributed by atoms with Crippen molar-refractivity contribution in [3.8, 4) is 11.1 Å². The van der Waals surface area contributed by atoms with Gasteiger partial charge in [0.1, 0.15) is 0 Å². The molecule has 5 rings (SSSR count). The average Bonchev–Trinajstić information content (AvgIpc) is 3.75. The molecule has 0 unspecified atom stereocenters. The summed E-state index contributed by atoms with van der Waals surface area (Å²) in [5.41, 5.74) is 7.60. The molecule has 8 heteroatoms. The number of hydrogen-bond acceptors (Lipinski definition) is 5. The van der Waals surface area contributed by atoms with Crippen molar-refractivity contribution in [1.29, 1.82) is 0 Å². The Labute approximate surface area is 188 Å². The van der Waals surface area contributed by atoms with E-state index >= 15 is 0 Å². The van der Waals surface area contributed by atoms with Crippen molar-refractivity contribution in [3.63, 3.8) is 0 Å². The maximum atomic E-state index is 12.9. The molecule has 2 N–H and O–H groups in total. The fourth-order valence-electron chi connectivity index (χ4n) is 4.19. The topological polar surface area (TPSA) is 101 Å². The number of benzene rings is 2. The molecule has 3 fully saturated rings. The summed E-state index contributed by atoms with van der Waals surface area (Å²) in [5, 5.41) is -0.242. The number of sulfone groups is 1. The van der Waals surface area contributed by atoms with Crippen LogP contribution in [0.25, 0.3) is 11.1 Å². The second-order valence-corrected chi connectivity index (χ2v) is 11.3. The van der Waals surface area contributed by atoms with E-state index in [0.29, 0.717) is 36.6 Å². The third-order valence-corrected chi connectivity index (χ3v) is 8.92. The minimum absolute atomic E-state index is 0.000109. The van der Waals surface area contributed by atoms with Gasteiger partial charge < -0.3 is 15.5 Å². The van der Waals surface area contributed by atoms with E-state index in [2.05, 4.69) is 0 Å². The van der Waals surface area contributed by atoms with E-state index in [-0.39, 0.29) is 17.1 Å². The van der Waals surface area contributed by atoms with E-state index in [9.17, 15) is 18.0 Å². The molecule has 168 valence electrons. The molecule has 2 amide bonds. The summed E-state index contributed by atoms with van der Waals surface area (Å²) < 4.78 is 25.1. The van der Waals surface area contributed by atoms with Crippen molar-refractivity contribution in [2.45, 2.75) is 41.4 Å². The second kappa shape index (κ2) is 7.71. The summed E-state index contributed by atoms with van der Waals surface area (Å²) in [6, 6.07) is 14.2. The van der Waals surface area contributed by atoms with Crippen LogP contribution in [0.5, 0.6) is 0 Å². The number of nitrogens with zero attached hydrogens (tertiary/aromatic N) is 2. The molecule has 2 aliphatic carbocycles. The highest BCUT2D eigenvalue weighted by Gasteiger charge is 2.48. The first-order chi connectivity index (χ1) is 15.3. The third kappa shape index (κ3) is 3.93. The first-order valence-electron chi connectivity index (χ1n) is 11.1. The van der Waals surface area contributed by atoms with Crippen LogP contribution in [0, 0.1) is 0 Å². The number of piperazine rings is 1. The Balaban J connectivity index is 1.25. The van der Waals surface area contributed by atoms with Crippen LogP contribution >= 0.6 is 0 Å². The molecule has 2 aromatic rings. The fraction of sp³-hybridized carbons (Fsp3) is 0.417. The van der Waals surface area contributed by atoms with Crippen molar-refractivity contribution >= 4 is 21.7 Å². The van der Waals surface area contributed by atoms with E-state index in [1.165, 1.54) is 0 Å². The first kappa shape index (κ1) is 21.2. The van der Waals surface area contributed by atoms with Crippen LogP contribution in [0.1, 0.15) is 36.0 Å². The minimum Gasteiger partial charge on any atom is -0.338 e. The summed E-state index contributed by atoms with van der Waals surface area (Å²) in [4.78, 5) is 29.2. The van der Waals surface area contributed by atoms with Crippen molar-refractivity contribution in [2.75, 3.05) is 26.2 Å². The lowest BCUT2D eigenvalue weighted by molar-refractivity contribution is -0.135. The van der Waals surface area contributed by atoms with Crippen LogP contribution < -0.4 is 5.73 Å². The number of nitrogens with two attached hydrogens (primary N) is 1. The standard InChI is InChI=1S/C24H27N3O4S/c25-24(10-11-24)23(29)27-14-12-26(13-15-27)22(28)18-6-4-17(5-7-18)19-2-1-3-21(16-19)32(30,31)20-8-9-20/h1-7,16,20H,8-15,25H2. The van der Waals surface area contributed by atoms with Crippen LogP contribution in [0.15, 0.2) is 53.4 Å². The van der Waals surface area contributed by atoms with E-state index < -0.39 is 15.4 Å². The Bertz CT molecular complexity index is 1160. The lowest BCUT2D eigenvalue weighted by atomic mass is 10.0. The summed E-state index contributed by atoms with van der Waals surface area (Å²) in [6.45, 7) is 1.99. The van der Waals surface area contributed by atoms with E-state index in [4.69, 9.17) is 5.73 Å². The maximum absolute atomic E-state index is 12.9. The largest absolute Gasteiger partial charge is 0.338 e. The van der Waals surface area contributed by atoms with Gasteiger partial charge in [-0.2, -0.15) is 0 Å². The normalized spacial score (nSPS) is 20.2. The second-order valence-electron chi connectivity index (χ2n) is 9.09. The van der Waals surface area contributed by atoms with E-state index in [1.54, 1.807) is 40.1 Å². The Morgan fingerprint density at radius 1 is 0.875 bits per heavy atom. The molecular weight excluding hydrogens is 426 g/mol. The van der Waals surface area contributed by atoms with Gasteiger partial charge >= 0.3 is 0 Å². The summed E-state index contributed by atoms with van der Waals surface area (Å²) >= 11 is 0. The van der Waals surface area contributed by atoms with Gasteiger partial charge in [-0.05, 0) is 61.1 Å². The number of carbonyl (C=O) groups is 2. The molecular formula is C24H27N3O4S.